The van der Waals surface area contributed by atoms with Crippen molar-refractivity contribution in [3.05, 3.63) is 45.1 Å². The summed E-state index contributed by atoms with van der Waals surface area (Å²) in [5, 5.41) is 18.9. The Morgan fingerprint density at radius 2 is 1.79 bits per heavy atom. The number of halogens is 1. The molecule has 1 aromatic carbocycles. The van der Waals surface area contributed by atoms with Gasteiger partial charge in [0.05, 0.1) is 5.56 Å². The Hall–Kier alpha value is -2.34. The fourth-order valence-electron chi connectivity index (χ4n) is 1.78. The molecular weight excluding hydrogens is 280 g/mol. The van der Waals surface area contributed by atoms with Gasteiger partial charge in [-0.05, 0) is 6.07 Å². The van der Waals surface area contributed by atoms with Crippen molar-refractivity contribution in [1.82, 2.24) is 4.98 Å². The summed E-state index contributed by atoms with van der Waals surface area (Å²) in [6, 6.07) is 10.9. The number of nitrogens with two attached hydrogens (primary N) is 1. The van der Waals surface area contributed by atoms with Crippen LogP contribution >= 0.6 is 23.8 Å². The number of anilines is 1. The van der Waals surface area contributed by atoms with Gasteiger partial charge in [-0.2, -0.15) is 10.5 Å². The molecule has 0 amide bonds. The molecule has 0 bridgehead atoms. The molecule has 0 fully saturated rings. The number of hydrogen-bond acceptors (Lipinski definition) is 4. The molecule has 0 aliphatic carbocycles. The van der Waals surface area contributed by atoms with E-state index in [0.29, 0.717) is 16.1 Å². The topological polar surface area (TPSA) is 89.4 Å². The van der Waals surface area contributed by atoms with Gasteiger partial charge in [0.2, 0.25) is 0 Å². The Bertz CT molecular complexity index is 796. The smallest absolute Gasteiger partial charge is 0.123 e. The molecule has 19 heavy (non-hydrogen) atoms. The van der Waals surface area contributed by atoms with Crippen molar-refractivity contribution >= 4 is 29.6 Å². The highest BCUT2D eigenvalue weighted by Gasteiger charge is 2.18. The number of nitrogens with one attached hydrogen (secondary N) is 1. The van der Waals surface area contributed by atoms with Crippen molar-refractivity contribution in [3.8, 4) is 23.3 Å². The molecule has 1 heterocycles. The SMILES string of the molecule is N#Cc1c(N)[nH]c(=S)c(C#N)c1-c1ccccc1Cl. The summed E-state index contributed by atoms with van der Waals surface area (Å²) in [5.41, 5.74) is 7.03. The summed E-state index contributed by atoms with van der Waals surface area (Å²) in [7, 11) is 0. The zero-order chi connectivity index (χ0) is 14.0. The Morgan fingerprint density at radius 1 is 1.16 bits per heavy atom. The van der Waals surface area contributed by atoms with E-state index in [-0.39, 0.29) is 21.6 Å². The third-order valence-corrected chi connectivity index (χ3v) is 3.25. The molecule has 0 saturated carbocycles. The maximum atomic E-state index is 9.23. The summed E-state index contributed by atoms with van der Waals surface area (Å²) in [5.74, 6) is 0.126. The number of aromatic amines is 1. The summed E-state index contributed by atoms with van der Waals surface area (Å²) in [4.78, 5) is 2.64. The first kappa shape index (κ1) is 13.1. The lowest BCUT2D eigenvalue weighted by Gasteiger charge is -2.10. The Morgan fingerprint density at radius 3 is 2.37 bits per heavy atom. The summed E-state index contributed by atoms with van der Waals surface area (Å²) < 4.78 is 0.189. The Labute approximate surface area is 119 Å². The molecule has 1 aromatic heterocycles. The molecule has 4 nitrogen and oxygen atoms in total. The van der Waals surface area contributed by atoms with Gasteiger partial charge in [0.25, 0.3) is 0 Å². The number of H-pyrrole nitrogens is 1. The number of aromatic nitrogens is 1. The molecule has 0 aliphatic heterocycles. The van der Waals surface area contributed by atoms with E-state index >= 15 is 0 Å². The molecule has 3 N–H and O–H groups in total. The minimum absolute atomic E-state index is 0.126. The second kappa shape index (κ2) is 5.11. The first-order valence-electron chi connectivity index (χ1n) is 5.21. The van der Waals surface area contributed by atoms with E-state index in [0.717, 1.165) is 0 Å². The fourth-order valence-corrected chi connectivity index (χ4v) is 2.26. The Kier molecular flexibility index (Phi) is 3.52. The van der Waals surface area contributed by atoms with Crippen LogP contribution in [0.25, 0.3) is 11.1 Å². The van der Waals surface area contributed by atoms with Crippen LogP contribution in [0.15, 0.2) is 24.3 Å². The molecule has 0 aliphatic rings. The molecule has 0 radical (unpaired) electrons. The van der Waals surface area contributed by atoms with E-state index in [1.165, 1.54) is 0 Å². The molecule has 0 unspecified atom stereocenters. The number of pyridine rings is 1. The average Bonchev–Trinajstić information content (AvgIpc) is 2.38. The van der Waals surface area contributed by atoms with Gasteiger partial charge in [0, 0.05) is 16.1 Å². The van der Waals surface area contributed by atoms with Crippen LogP contribution < -0.4 is 5.73 Å². The fraction of sp³-hybridized carbons (Fsp3) is 0. The van der Waals surface area contributed by atoms with Crippen LogP contribution in [0.4, 0.5) is 5.82 Å². The van der Waals surface area contributed by atoms with Gasteiger partial charge in [-0.15, -0.1) is 0 Å². The summed E-state index contributed by atoms with van der Waals surface area (Å²) in [6.07, 6.45) is 0. The van der Waals surface area contributed by atoms with Crippen molar-refractivity contribution in [1.29, 1.82) is 10.5 Å². The molecule has 0 atom stereocenters. The normalized spacial score (nSPS) is 9.63. The van der Waals surface area contributed by atoms with Crippen LogP contribution in [0.2, 0.25) is 5.02 Å². The molecule has 92 valence electrons. The van der Waals surface area contributed by atoms with Crippen LogP contribution in [0, 0.1) is 27.3 Å². The standard InChI is InChI=1S/C13H7ClN4S/c14-10-4-2-1-3-7(10)11-8(5-15)12(17)18-13(19)9(11)6-16/h1-4H,(H3,17,18,19). The largest absolute Gasteiger partial charge is 0.384 e. The third-order valence-electron chi connectivity index (χ3n) is 2.61. The minimum atomic E-state index is 0.126. The number of hydrogen-bond donors (Lipinski definition) is 2. The lowest BCUT2D eigenvalue weighted by atomic mass is 9.97. The zero-order valence-electron chi connectivity index (χ0n) is 9.57. The molecule has 0 saturated heterocycles. The number of rotatable bonds is 1. The zero-order valence-corrected chi connectivity index (χ0v) is 11.1. The number of nitrogen functional groups attached to an aromatic ring is 1. The highest BCUT2D eigenvalue weighted by atomic mass is 35.5. The van der Waals surface area contributed by atoms with E-state index in [1.54, 1.807) is 24.3 Å². The van der Waals surface area contributed by atoms with E-state index < -0.39 is 0 Å². The molecule has 2 aromatic rings. The lowest BCUT2D eigenvalue weighted by Crippen LogP contribution is -2.01. The van der Waals surface area contributed by atoms with Crippen LogP contribution in [0.5, 0.6) is 0 Å². The third kappa shape index (κ3) is 2.17. The quantitative estimate of drug-likeness (QED) is 0.786. The molecule has 6 heteroatoms. The number of benzene rings is 1. The first-order chi connectivity index (χ1) is 9.10. The maximum Gasteiger partial charge on any atom is 0.123 e. The highest BCUT2D eigenvalue weighted by molar-refractivity contribution is 7.71. The van der Waals surface area contributed by atoms with Crippen molar-refractivity contribution in [2.45, 2.75) is 0 Å². The van der Waals surface area contributed by atoms with Crippen LogP contribution in [0.3, 0.4) is 0 Å². The van der Waals surface area contributed by atoms with Crippen molar-refractivity contribution in [2.75, 3.05) is 5.73 Å². The van der Waals surface area contributed by atoms with E-state index in [4.69, 9.17) is 29.6 Å². The van der Waals surface area contributed by atoms with Crippen LogP contribution in [-0.2, 0) is 0 Å². The maximum absolute atomic E-state index is 9.23. The Balaban J connectivity index is 2.99. The van der Waals surface area contributed by atoms with Gasteiger partial charge in [0.15, 0.2) is 0 Å². The van der Waals surface area contributed by atoms with Gasteiger partial charge in [-0.25, -0.2) is 0 Å². The van der Waals surface area contributed by atoms with E-state index in [1.807, 2.05) is 12.1 Å². The van der Waals surface area contributed by atoms with Crippen molar-refractivity contribution in [3.63, 3.8) is 0 Å². The van der Waals surface area contributed by atoms with Crippen LogP contribution in [0.1, 0.15) is 11.1 Å². The summed E-state index contributed by atoms with van der Waals surface area (Å²) in [6.45, 7) is 0. The van der Waals surface area contributed by atoms with Gasteiger partial charge in [0.1, 0.15) is 28.2 Å². The molecular formula is C13H7ClN4S. The second-order valence-electron chi connectivity index (χ2n) is 3.70. The second-order valence-corrected chi connectivity index (χ2v) is 4.51. The van der Waals surface area contributed by atoms with Gasteiger partial charge < -0.3 is 10.7 Å². The van der Waals surface area contributed by atoms with Crippen molar-refractivity contribution < 1.29 is 0 Å². The number of nitrogens with zero attached hydrogens (tertiary/aromatic N) is 2. The number of nitriles is 2. The first-order valence-corrected chi connectivity index (χ1v) is 5.99. The van der Waals surface area contributed by atoms with Gasteiger partial charge in [-0.1, -0.05) is 42.0 Å². The highest BCUT2D eigenvalue weighted by Crippen LogP contribution is 2.34. The van der Waals surface area contributed by atoms with Gasteiger partial charge >= 0.3 is 0 Å². The van der Waals surface area contributed by atoms with E-state index in [9.17, 15) is 10.5 Å². The summed E-state index contributed by atoms with van der Waals surface area (Å²) >= 11 is 11.2. The van der Waals surface area contributed by atoms with Gasteiger partial charge in [-0.3, -0.25) is 0 Å². The average molecular weight is 287 g/mol. The molecule has 2 rings (SSSR count). The van der Waals surface area contributed by atoms with Crippen molar-refractivity contribution in [2.24, 2.45) is 0 Å². The minimum Gasteiger partial charge on any atom is -0.384 e. The lowest BCUT2D eigenvalue weighted by molar-refractivity contribution is 1.26. The monoisotopic (exact) mass is 286 g/mol. The molecule has 0 spiro atoms. The van der Waals surface area contributed by atoms with Crippen LogP contribution in [-0.4, -0.2) is 4.98 Å². The predicted molar refractivity (Wildman–Crippen MR) is 75.9 cm³/mol. The predicted octanol–water partition coefficient (Wildman–Crippen LogP) is 3.39. The van der Waals surface area contributed by atoms with E-state index in [2.05, 4.69) is 4.98 Å².